The second-order valence-corrected chi connectivity index (χ2v) is 4.35. The van der Waals surface area contributed by atoms with Crippen molar-refractivity contribution in [3.8, 4) is 0 Å². The monoisotopic (exact) mass is 210 g/mol. The third-order valence-corrected chi connectivity index (χ3v) is 3.06. The van der Waals surface area contributed by atoms with Gasteiger partial charge in [0.25, 0.3) is 0 Å². The predicted octanol–water partition coefficient (Wildman–Crippen LogP) is 2.21. The van der Waals surface area contributed by atoms with Crippen LogP contribution in [0.15, 0.2) is 11.6 Å². The SMILES string of the molecule is CCC=C(C)C(=O)OC1CCC2OC2C1. The molecule has 0 aromatic heterocycles. The Morgan fingerprint density at radius 2 is 2.27 bits per heavy atom. The summed E-state index contributed by atoms with van der Waals surface area (Å²) in [7, 11) is 0. The first-order valence-electron chi connectivity index (χ1n) is 5.74. The van der Waals surface area contributed by atoms with Crippen LogP contribution in [-0.2, 0) is 14.3 Å². The third kappa shape index (κ3) is 2.59. The normalized spacial score (nSPS) is 34.5. The second kappa shape index (κ2) is 4.35. The molecule has 2 rings (SSSR count). The quantitative estimate of drug-likeness (QED) is 0.407. The lowest BCUT2D eigenvalue weighted by atomic mass is 9.98. The average molecular weight is 210 g/mol. The van der Waals surface area contributed by atoms with Crippen molar-refractivity contribution in [1.82, 2.24) is 0 Å². The number of fused-ring (bicyclic) bond motifs is 1. The highest BCUT2D eigenvalue weighted by atomic mass is 16.6. The number of allylic oxidation sites excluding steroid dienone is 1. The largest absolute Gasteiger partial charge is 0.459 e. The summed E-state index contributed by atoms with van der Waals surface area (Å²) >= 11 is 0. The molecule has 1 saturated carbocycles. The number of carbonyl (C=O) groups excluding carboxylic acids is 1. The number of hydrogen-bond acceptors (Lipinski definition) is 3. The average Bonchev–Trinajstić information content (AvgIpc) is 2.96. The molecule has 15 heavy (non-hydrogen) atoms. The molecule has 3 nitrogen and oxygen atoms in total. The first-order valence-corrected chi connectivity index (χ1v) is 5.74. The zero-order valence-corrected chi connectivity index (χ0v) is 9.36. The minimum absolute atomic E-state index is 0.0708. The van der Waals surface area contributed by atoms with Crippen molar-refractivity contribution in [3.05, 3.63) is 11.6 Å². The zero-order valence-electron chi connectivity index (χ0n) is 9.36. The van der Waals surface area contributed by atoms with E-state index in [0.29, 0.717) is 12.2 Å². The van der Waals surface area contributed by atoms with E-state index in [4.69, 9.17) is 9.47 Å². The summed E-state index contributed by atoms with van der Waals surface area (Å²) in [6, 6.07) is 0. The summed E-state index contributed by atoms with van der Waals surface area (Å²) in [5.74, 6) is -0.166. The fourth-order valence-electron chi connectivity index (χ4n) is 2.11. The lowest BCUT2D eigenvalue weighted by Crippen LogP contribution is -2.25. The lowest BCUT2D eigenvalue weighted by molar-refractivity contribution is -0.145. The van der Waals surface area contributed by atoms with Gasteiger partial charge in [0, 0.05) is 12.0 Å². The third-order valence-electron chi connectivity index (χ3n) is 3.06. The van der Waals surface area contributed by atoms with Crippen molar-refractivity contribution >= 4 is 5.97 Å². The van der Waals surface area contributed by atoms with Crippen LogP contribution in [0, 0.1) is 0 Å². The van der Waals surface area contributed by atoms with Crippen LogP contribution in [0.1, 0.15) is 39.5 Å². The highest BCUT2D eigenvalue weighted by molar-refractivity contribution is 5.87. The van der Waals surface area contributed by atoms with E-state index in [1.165, 1.54) is 0 Å². The first kappa shape index (κ1) is 10.7. The Labute approximate surface area is 90.4 Å². The molecule has 1 aliphatic heterocycles. The Morgan fingerprint density at radius 1 is 1.47 bits per heavy atom. The fourth-order valence-corrected chi connectivity index (χ4v) is 2.11. The number of carbonyl (C=O) groups is 1. The predicted molar refractivity (Wildman–Crippen MR) is 56.4 cm³/mol. The molecule has 2 fully saturated rings. The number of hydrogen-bond donors (Lipinski definition) is 0. The van der Waals surface area contributed by atoms with Gasteiger partial charge in [0.15, 0.2) is 0 Å². The molecule has 1 aliphatic carbocycles. The minimum Gasteiger partial charge on any atom is -0.459 e. The van der Waals surface area contributed by atoms with Crippen LogP contribution in [0.4, 0.5) is 0 Å². The number of epoxide rings is 1. The summed E-state index contributed by atoms with van der Waals surface area (Å²) in [4.78, 5) is 11.6. The van der Waals surface area contributed by atoms with E-state index in [-0.39, 0.29) is 12.1 Å². The van der Waals surface area contributed by atoms with Crippen LogP contribution in [-0.4, -0.2) is 24.3 Å². The van der Waals surface area contributed by atoms with Gasteiger partial charge < -0.3 is 9.47 Å². The molecule has 0 aromatic rings. The standard InChI is InChI=1S/C12H18O3/c1-3-4-8(2)12(13)14-9-5-6-10-11(7-9)15-10/h4,9-11H,3,5-7H2,1-2H3. The summed E-state index contributed by atoms with van der Waals surface area (Å²) in [6.07, 6.45) is 6.56. The van der Waals surface area contributed by atoms with Gasteiger partial charge in [-0.3, -0.25) is 0 Å². The molecule has 0 amide bonds. The van der Waals surface area contributed by atoms with Gasteiger partial charge in [-0.15, -0.1) is 0 Å². The van der Waals surface area contributed by atoms with Gasteiger partial charge >= 0.3 is 5.97 Å². The topological polar surface area (TPSA) is 38.8 Å². The van der Waals surface area contributed by atoms with Crippen LogP contribution in [0.5, 0.6) is 0 Å². The van der Waals surface area contributed by atoms with Crippen molar-refractivity contribution in [3.63, 3.8) is 0 Å². The highest BCUT2D eigenvalue weighted by Gasteiger charge is 2.45. The molecule has 0 bridgehead atoms. The molecular weight excluding hydrogens is 192 g/mol. The maximum absolute atomic E-state index is 11.6. The maximum Gasteiger partial charge on any atom is 0.333 e. The smallest absolute Gasteiger partial charge is 0.333 e. The van der Waals surface area contributed by atoms with Crippen molar-refractivity contribution < 1.29 is 14.3 Å². The van der Waals surface area contributed by atoms with E-state index in [9.17, 15) is 4.79 Å². The van der Waals surface area contributed by atoms with Gasteiger partial charge in [-0.25, -0.2) is 4.79 Å². The van der Waals surface area contributed by atoms with Crippen LogP contribution in [0.2, 0.25) is 0 Å². The van der Waals surface area contributed by atoms with Gasteiger partial charge in [0.05, 0.1) is 12.2 Å². The summed E-state index contributed by atoms with van der Waals surface area (Å²) in [5, 5.41) is 0. The van der Waals surface area contributed by atoms with Crippen molar-refractivity contribution in [2.75, 3.05) is 0 Å². The number of esters is 1. The Bertz CT molecular complexity index is 283. The number of ether oxygens (including phenoxy) is 2. The molecule has 1 heterocycles. The Morgan fingerprint density at radius 3 is 2.93 bits per heavy atom. The van der Waals surface area contributed by atoms with Gasteiger partial charge in [0.1, 0.15) is 6.10 Å². The Kier molecular flexibility index (Phi) is 3.10. The lowest BCUT2D eigenvalue weighted by Gasteiger charge is -2.19. The molecule has 3 atom stereocenters. The molecule has 3 unspecified atom stereocenters. The summed E-state index contributed by atoms with van der Waals surface area (Å²) < 4.78 is 10.8. The van der Waals surface area contributed by atoms with Crippen molar-refractivity contribution in [2.45, 2.75) is 57.8 Å². The van der Waals surface area contributed by atoms with Crippen LogP contribution >= 0.6 is 0 Å². The maximum atomic E-state index is 11.6. The van der Waals surface area contributed by atoms with Gasteiger partial charge in [-0.1, -0.05) is 13.0 Å². The molecule has 0 N–H and O–H groups in total. The fraction of sp³-hybridized carbons (Fsp3) is 0.750. The highest BCUT2D eigenvalue weighted by Crippen LogP contribution is 2.37. The molecule has 3 heteroatoms. The molecule has 0 spiro atoms. The molecular formula is C12H18O3. The minimum atomic E-state index is -0.166. The van der Waals surface area contributed by atoms with Crippen molar-refractivity contribution in [1.29, 1.82) is 0 Å². The van der Waals surface area contributed by atoms with Gasteiger partial charge in [-0.05, 0) is 26.2 Å². The molecule has 0 radical (unpaired) electrons. The van der Waals surface area contributed by atoms with Crippen LogP contribution in [0.25, 0.3) is 0 Å². The molecule has 2 aliphatic rings. The van der Waals surface area contributed by atoms with Crippen LogP contribution < -0.4 is 0 Å². The summed E-state index contributed by atoms with van der Waals surface area (Å²) in [6.45, 7) is 3.82. The van der Waals surface area contributed by atoms with Crippen LogP contribution in [0.3, 0.4) is 0 Å². The first-order chi connectivity index (χ1) is 7.20. The van der Waals surface area contributed by atoms with E-state index >= 15 is 0 Å². The Hall–Kier alpha value is -0.830. The Balaban J connectivity index is 1.80. The second-order valence-electron chi connectivity index (χ2n) is 4.35. The molecule has 84 valence electrons. The molecule has 1 saturated heterocycles. The van der Waals surface area contributed by atoms with E-state index in [1.54, 1.807) is 0 Å². The zero-order chi connectivity index (χ0) is 10.8. The van der Waals surface area contributed by atoms with E-state index < -0.39 is 0 Å². The number of rotatable bonds is 3. The van der Waals surface area contributed by atoms with Gasteiger partial charge in [-0.2, -0.15) is 0 Å². The summed E-state index contributed by atoms with van der Waals surface area (Å²) in [5.41, 5.74) is 0.719. The van der Waals surface area contributed by atoms with E-state index in [0.717, 1.165) is 31.3 Å². The van der Waals surface area contributed by atoms with E-state index in [1.807, 2.05) is 19.9 Å². The molecule has 0 aromatic carbocycles. The van der Waals surface area contributed by atoms with Crippen molar-refractivity contribution in [2.24, 2.45) is 0 Å². The van der Waals surface area contributed by atoms with E-state index in [2.05, 4.69) is 0 Å². The van der Waals surface area contributed by atoms with Gasteiger partial charge in [0.2, 0.25) is 0 Å².